The predicted octanol–water partition coefficient (Wildman–Crippen LogP) is 2.60. The molecule has 186 valence electrons. The summed E-state index contributed by atoms with van der Waals surface area (Å²) in [6, 6.07) is 8.74. The first-order chi connectivity index (χ1) is 16.2. The van der Waals surface area contributed by atoms with Gasteiger partial charge in [0.05, 0.1) is 19.3 Å². The van der Waals surface area contributed by atoms with E-state index in [0.29, 0.717) is 18.6 Å². The fourth-order valence-corrected chi connectivity index (χ4v) is 5.02. The molecule has 5 atom stereocenters. The summed E-state index contributed by atoms with van der Waals surface area (Å²) in [6.07, 6.45) is 1.42. The van der Waals surface area contributed by atoms with Gasteiger partial charge in [-0.15, -0.1) is 0 Å². The predicted molar refractivity (Wildman–Crippen MR) is 123 cm³/mol. The van der Waals surface area contributed by atoms with Gasteiger partial charge < -0.3 is 14.0 Å². The molecular weight excluding hydrogens is 465 g/mol. The Bertz CT molecular complexity index is 1120. The first-order valence-corrected chi connectivity index (χ1v) is 12.7. The summed E-state index contributed by atoms with van der Waals surface area (Å²) in [5.74, 6) is -0.362. The molecule has 0 amide bonds. The Morgan fingerprint density at radius 3 is 2.71 bits per heavy atom. The zero-order valence-electron chi connectivity index (χ0n) is 19.3. The Hall–Kier alpha value is -2.72. The number of nitrogens with one attached hydrogen (secondary N) is 2. The Morgan fingerprint density at radius 2 is 2.03 bits per heavy atom. The number of carbonyl (C=O) groups excluding carboxylic acids is 1. The number of hydrogen-bond acceptors (Lipinski definition) is 8. The third-order valence-electron chi connectivity index (χ3n) is 5.13. The number of aromatic amines is 1. The van der Waals surface area contributed by atoms with Crippen LogP contribution in [0, 0.1) is 5.92 Å². The van der Waals surface area contributed by atoms with Crippen LogP contribution < -0.4 is 20.9 Å². The number of ether oxygens (including phenoxy) is 2. The highest BCUT2D eigenvalue weighted by Crippen LogP contribution is 2.46. The van der Waals surface area contributed by atoms with Gasteiger partial charge in [-0.2, -0.15) is 5.09 Å². The van der Waals surface area contributed by atoms with Crippen LogP contribution in [0.25, 0.3) is 0 Å². The van der Waals surface area contributed by atoms with Crippen molar-refractivity contribution in [1.82, 2.24) is 14.6 Å². The molecule has 0 radical (unpaired) electrons. The maximum Gasteiger partial charge on any atom is 0.459 e. The largest absolute Gasteiger partial charge is 0.465 e. The molecule has 0 aliphatic carbocycles. The van der Waals surface area contributed by atoms with Crippen LogP contribution in [0.4, 0.5) is 0 Å². The number of rotatable bonds is 11. The molecule has 1 saturated heterocycles. The van der Waals surface area contributed by atoms with E-state index in [2.05, 4.69) is 10.1 Å². The number of esters is 1. The topological polar surface area (TPSA) is 138 Å². The van der Waals surface area contributed by atoms with Crippen LogP contribution in [0.15, 0.2) is 52.2 Å². The van der Waals surface area contributed by atoms with Crippen LogP contribution in [0.2, 0.25) is 0 Å². The molecule has 11 nitrogen and oxygen atoms in total. The second kappa shape index (κ2) is 11.6. The van der Waals surface area contributed by atoms with Crippen molar-refractivity contribution in [1.29, 1.82) is 0 Å². The molecule has 1 unspecified atom stereocenters. The SMILES string of the molecule is CCCOC(=O)[C@H](C)NP(=O)(OC[C@@H]1C[C@H](C)[C@H](n2ccc(=O)[nH]c2=O)O1)Oc1ccccc1. The van der Waals surface area contributed by atoms with E-state index in [-0.39, 0.29) is 19.1 Å². The Kier molecular flexibility index (Phi) is 8.84. The van der Waals surface area contributed by atoms with Gasteiger partial charge in [0.1, 0.15) is 18.0 Å². The van der Waals surface area contributed by atoms with E-state index >= 15 is 0 Å². The molecule has 0 spiro atoms. The van der Waals surface area contributed by atoms with E-state index in [1.54, 1.807) is 30.3 Å². The third-order valence-corrected chi connectivity index (χ3v) is 6.78. The molecule has 12 heteroatoms. The summed E-state index contributed by atoms with van der Waals surface area (Å²) in [6.45, 7) is 5.40. The van der Waals surface area contributed by atoms with Gasteiger partial charge in [0.2, 0.25) is 0 Å². The van der Waals surface area contributed by atoms with Gasteiger partial charge in [-0.1, -0.05) is 32.0 Å². The Balaban J connectivity index is 1.69. The first kappa shape index (κ1) is 25.9. The van der Waals surface area contributed by atoms with Gasteiger partial charge in [-0.3, -0.25) is 23.7 Å². The lowest BCUT2D eigenvalue weighted by atomic mass is 10.1. The Labute approximate surface area is 197 Å². The maximum atomic E-state index is 13.5. The van der Waals surface area contributed by atoms with Crippen LogP contribution in [0.1, 0.15) is 39.8 Å². The van der Waals surface area contributed by atoms with Crippen molar-refractivity contribution in [3.8, 4) is 5.75 Å². The molecule has 1 fully saturated rings. The Morgan fingerprint density at radius 1 is 1.29 bits per heavy atom. The second-order valence-corrected chi connectivity index (χ2v) is 9.79. The lowest BCUT2D eigenvalue weighted by molar-refractivity contribution is -0.145. The van der Waals surface area contributed by atoms with Gasteiger partial charge >= 0.3 is 19.4 Å². The van der Waals surface area contributed by atoms with E-state index in [9.17, 15) is 18.9 Å². The minimum Gasteiger partial charge on any atom is -0.465 e. The molecule has 1 aliphatic heterocycles. The average Bonchev–Trinajstić information content (AvgIpc) is 3.17. The fraction of sp³-hybridized carbons (Fsp3) is 0.500. The summed E-state index contributed by atoms with van der Waals surface area (Å²) in [5.41, 5.74) is -1.08. The summed E-state index contributed by atoms with van der Waals surface area (Å²) < 4.78 is 37.2. The van der Waals surface area contributed by atoms with Crippen molar-refractivity contribution in [2.45, 2.75) is 52.0 Å². The van der Waals surface area contributed by atoms with Crippen molar-refractivity contribution < 1.29 is 27.9 Å². The molecule has 1 aromatic carbocycles. The number of H-pyrrole nitrogens is 1. The molecule has 0 bridgehead atoms. The molecule has 0 saturated carbocycles. The quantitative estimate of drug-likeness (QED) is 0.356. The highest BCUT2D eigenvalue weighted by molar-refractivity contribution is 7.52. The number of benzene rings is 1. The van der Waals surface area contributed by atoms with E-state index in [4.69, 9.17) is 18.5 Å². The molecule has 2 aromatic rings. The number of nitrogens with zero attached hydrogens (tertiary/aromatic N) is 1. The lowest BCUT2D eigenvalue weighted by Gasteiger charge is -2.24. The molecule has 1 aromatic heterocycles. The van der Waals surface area contributed by atoms with Gasteiger partial charge in [0.15, 0.2) is 0 Å². The van der Waals surface area contributed by atoms with Crippen molar-refractivity contribution in [2.24, 2.45) is 5.92 Å². The first-order valence-electron chi connectivity index (χ1n) is 11.1. The molecule has 3 rings (SSSR count). The smallest absolute Gasteiger partial charge is 0.459 e. The van der Waals surface area contributed by atoms with Crippen LogP contribution in [-0.4, -0.2) is 40.9 Å². The summed E-state index contributed by atoms with van der Waals surface area (Å²) >= 11 is 0. The molecule has 1 aliphatic rings. The van der Waals surface area contributed by atoms with Crippen LogP contribution in [0.3, 0.4) is 0 Å². The van der Waals surface area contributed by atoms with Crippen molar-refractivity contribution in [3.63, 3.8) is 0 Å². The van der Waals surface area contributed by atoms with Crippen LogP contribution in [-0.2, 0) is 23.4 Å². The average molecular weight is 495 g/mol. The summed E-state index contributed by atoms with van der Waals surface area (Å²) in [4.78, 5) is 37.9. The third kappa shape index (κ3) is 6.89. The number of aromatic nitrogens is 2. The van der Waals surface area contributed by atoms with Crippen molar-refractivity contribution >= 4 is 13.7 Å². The van der Waals surface area contributed by atoms with E-state index < -0.39 is 43.3 Å². The normalized spacial score (nSPS) is 22.6. The molecule has 34 heavy (non-hydrogen) atoms. The minimum atomic E-state index is -4.01. The van der Waals surface area contributed by atoms with Crippen LogP contribution in [0.5, 0.6) is 5.75 Å². The number of carbonyl (C=O) groups is 1. The zero-order valence-corrected chi connectivity index (χ0v) is 20.2. The summed E-state index contributed by atoms with van der Waals surface area (Å²) in [7, 11) is -4.01. The highest BCUT2D eigenvalue weighted by Gasteiger charge is 2.38. The van der Waals surface area contributed by atoms with E-state index in [1.165, 1.54) is 23.8 Å². The molecule has 2 heterocycles. The monoisotopic (exact) mass is 495 g/mol. The standard InChI is InChI=1S/C22H30N3O8P/c1-4-12-30-21(27)16(3)24-34(29,33-17-8-6-5-7-9-17)31-14-18-13-15(2)20(32-18)25-11-10-19(26)23-22(25)28/h5-11,15-16,18,20H,4,12-14H2,1-3H3,(H,24,29)(H,23,26,28)/t15-,16-,18-,20+,34?/m0/s1. The lowest BCUT2D eigenvalue weighted by Crippen LogP contribution is -2.36. The number of hydrogen-bond donors (Lipinski definition) is 2. The maximum absolute atomic E-state index is 13.5. The van der Waals surface area contributed by atoms with Crippen molar-refractivity contribution in [2.75, 3.05) is 13.2 Å². The number of para-hydroxylation sites is 1. The van der Waals surface area contributed by atoms with Gasteiger partial charge in [0.25, 0.3) is 5.56 Å². The highest BCUT2D eigenvalue weighted by atomic mass is 31.2. The van der Waals surface area contributed by atoms with E-state index in [1.807, 2.05) is 13.8 Å². The summed E-state index contributed by atoms with van der Waals surface area (Å²) in [5, 5.41) is 2.63. The molecule has 2 N–H and O–H groups in total. The van der Waals surface area contributed by atoms with Gasteiger partial charge in [-0.05, 0) is 31.9 Å². The zero-order chi connectivity index (χ0) is 24.7. The minimum absolute atomic E-state index is 0.0810. The van der Waals surface area contributed by atoms with E-state index in [0.717, 1.165) is 0 Å². The van der Waals surface area contributed by atoms with Crippen molar-refractivity contribution in [3.05, 3.63) is 63.4 Å². The van der Waals surface area contributed by atoms with Gasteiger partial charge in [-0.25, -0.2) is 9.36 Å². The second-order valence-electron chi connectivity index (χ2n) is 8.09. The molecular formula is C22H30N3O8P. The van der Waals surface area contributed by atoms with Crippen LogP contribution >= 0.6 is 7.75 Å². The fourth-order valence-electron chi connectivity index (χ4n) is 3.50. The van der Waals surface area contributed by atoms with Gasteiger partial charge in [0, 0.05) is 18.2 Å².